The van der Waals surface area contributed by atoms with Gasteiger partial charge in [0.25, 0.3) is 0 Å². The van der Waals surface area contributed by atoms with Crippen molar-refractivity contribution in [2.45, 2.75) is 44.9 Å². The third-order valence-electron chi connectivity index (χ3n) is 2.34. The molecule has 0 saturated carbocycles. The smallest absolute Gasteiger partial charge is 0.0113 e. The minimum Gasteiger partial charge on any atom is -0.243 e. The third-order valence-corrected chi connectivity index (χ3v) is 2.34. The molecule has 0 atom stereocenters. The molecule has 4 N–H and O–H groups in total. The maximum atomic E-state index is 3.10. The Morgan fingerprint density at radius 2 is 0.846 bits per heavy atom. The number of hydrogen-bond acceptors (Lipinski definition) is 4. The molecule has 0 unspecified atom stereocenters. The Labute approximate surface area is 80.8 Å². The molecule has 0 spiro atoms. The van der Waals surface area contributed by atoms with Crippen LogP contribution in [-0.2, 0) is 0 Å². The van der Waals surface area contributed by atoms with Gasteiger partial charge in [-0.25, -0.2) is 10.9 Å². The second-order valence-electron chi connectivity index (χ2n) is 3.58. The van der Waals surface area contributed by atoms with Gasteiger partial charge in [-0.05, 0) is 12.8 Å². The van der Waals surface area contributed by atoms with Crippen LogP contribution in [0.15, 0.2) is 0 Å². The third kappa shape index (κ3) is 6.95. The Balaban J connectivity index is 2.01. The maximum absolute atomic E-state index is 3.10. The zero-order chi connectivity index (χ0) is 9.19. The molecule has 4 heteroatoms. The lowest BCUT2D eigenvalue weighted by Gasteiger charge is -2.08. The van der Waals surface area contributed by atoms with Crippen LogP contribution in [0.25, 0.3) is 0 Å². The molecule has 1 saturated heterocycles. The summed E-state index contributed by atoms with van der Waals surface area (Å²) in [6.45, 7) is 2.07. The summed E-state index contributed by atoms with van der Waals surface area (Å²) in [6, 6.07) is 0. The van der Waals surface area contributed by atoms with Crippen molar-refractivity contribution in [3.8, 4) is 0 Å². The lowest BCUT2D eigenvalue weighted by Crippen LogP contribution is -2.51. The molecule has 1 fully saturated rings. The summed E-state index contributed by atoms with van der Waals surface area (Å²) < 4.78 is 0. The van der Waals surface area contributed by atoms with Crippen molar-refractivity contribution in [2.24, 2.45) is 0 Å². The Hall–Kier alpha value is -0.160. The maximum Gasteiger partial charge on any atom is 0.0113 e. The highest BCUT2D eigenvalue weighted by atomic mass is 15.7. The first kappa shape index (κ1) is 10.9. The average molecular weight is 186 g/mol. The Morgan fingerprint density at radius 3 is 1.31 bits per heavy atom. The standard InChI is InChI=1S/C9H22N4/c1-2-4-6-8-10-12-13-11-9-7-5-3-1/h10-13H,1-9H2. The van der Waals surface area contributed by atoms with E-state index in [-0.39, 0.29) is 0 Å². The van der Waals surface area contributed by atoms with Crippen molar-refractivity contribution in [1.82, 2.24) is 21.9 Å². The molecule has 0 radical (unpaired) electrons. The summed E-state index contributed by atoms with van der Waals surface area (Å²) in [6.07, 6.45) is 9.40. The van der Waals surface area contributed by atoms with Crippen molar-refractivity contribution >= 4 is 0 Å². The van der Waals surface area contributed by atoms with E-state index in [1.807, 2.05) is 0 Å². The van der Waals surface area contributed by atoms with Crippen LogP contribution in [-0.4, -0.2) is 13.1 Å². The molecule has 1 heterocycles. The topological polar surface area (TPSA) is 48.1 Å². The first-order valence-electron chi connectivity index (χ1n) is 5.46. The molecule has 1 aliphatic heterocycles. The van der Waals surface area contributed by atoms with Crippen molar-refractivity contribution in [1.29, 1.82) is 0 Å². The van der Waals surface area contributed by atoms with Gasteiger partial charge in [0.1, 0.15) is 0 Å². The number of hydrazine groups is 3. The molecule has 0 bridgehead atoms. The van der Waals surface area contributed by atoms with Crippen LogP contribution in [0.3, 0.4) is 0 Å². The van der Waals surface area contributed by atoms with Crippen molar-refractivity contribution in [3.63, 3.8) is 0 Å². The number of nitrogens with one attached hydrogen (secondary N) is 4. The molecule has 0 amide bonds. The van der Waals surface area contributed by atoms with Crippen molar-refractivity contribution in [3.05, 3.63) is 0 Å². The summed E-state index contributed by atoms with van der Waals surface area (Å²) >= 11 is 0. The fourth-order valence-electron chi connectivity index (χ4n) is 1.52. The molecular weight excluding hydrogens is 164 g/mol. The molecule has 13 heavy (non-hydrogen) atoms. The van der Waals surface area contributed by atoms with Gasteiger partial charge in [-0.3, -0.25) is 0 Å². The number of hydrogen-bond donors (Lipinski definition) is 4. The lowest BCUT2D eigenvalue weighted by atomic mass is 10.1. The van der Waals surface area contributed by atoms with E-state index in [2.05, 4.69) is 21.9 Å². The second kappa shape index (κ2) is 8.44. The summed E-state index contributed by atoms with van der Waals surface area (Å²) in [5.74, 6) is 0. The van der Waals surface area contributed by atoms with Gasteiger partial charge in [0.15, 0.2) is 0 Å². The predicted molar refractivity (Wildman–Crippen MR) is 54.6 cm³/mol. The van der Waals surface area contributed by atoms with E-state index in [0.717, 1.165) is 13.1 Å². The quantitative estimate of drug-likeness (QED) is 0.453. The first-order valence-corrected chi connectivity index (χ1v) is 5.46. The molecule has 78 valence electrons. The molecule has 0 aliphatic carbocycles. The predicted octanol–water partition coefficient (Wildman–Crippen LogP) is 0.834. The Kier molecular flexibility index (Phi) is 7.09. The zero-order valence-electron chi connectivity index (χ0n) is 8.36. The monoisotopic (exact) mass is 186 g/mol. The van der Waals surface area contributed by atoms with Crippen LogP contribution in [0.4, 0.5) is 0 Å². The van der Waals surface area contributed by atoms with E-state index in [4.69, 9.17) is 0 Å². The Bertz CT molecular complexity index is 59.7. The van der Waals surface area contributed by atoms with Crippen LogP contribution in [0.1, 0.15) is 44.9 Å². The van der Waals surface area contributed by atoms with Gasteiger partial charge in [-0.15, -0.1) is 0 Å². The van der Waals surface area contributed by atoms with Crippen LogP contribution in [0.2, 0.25) is 0 Å². The van der Waals surface area contributed by atoms with Crippen LogP contribution in [0, 0.1) is 0 Å². The largest absolute Gasteiger partial charge is 0.243 e. The van der Waals surface area contributed by atoms with Gasteiger partial charge in [-0.1, -0.05) is 32.1 Å². The van der Waals surface area contributed by atoms with E-state index < -0.39 is 0 Å². The van der Waals surface area contributed by atoms with E-state index >= 15 is 0 Å². The van der Waals surface area contributed by atoms with Crippen LogP contribution in [0.5, 0.6) is 0 Å². The van der Waals surface area contributed by atoms with E-state index in [1.54, 1.807) is 0 Å². The summed E-state index contributed by atoms with van der Waals surface area (Å²) in [4.78, 5) is 0. The second-order valence-corrected chi connectivity index (χ2v) is 3.58. The molecule has 1 rings (SSSR count). The van der Waals surface area contributed by atoms with Gasteiger partial charge in [0.2, 0.25) is 0 Å². The van der Waals surface area contributed by atoms with Gasteiger partial charge in [0.05, 0.1) is 0 Å². The van der Waals surface area contributed by atoms with Gasteiger partial charge >= 0.3 is 0 Å². The summed E-state index contributed by atoms with van der Waals surface area (Å²) in [7, 11) is 0. The first-order chi connectivity index (χ1) is 6.50. The minimum absolute atomic E-state index is 1.04. The lowest BCUT2D eigenvalue weighted by molar-refractivity contribution is 0.364. The van der Waals surface area contributed by atoms with Crippen LogP contribution >= 0.6 is 0 Å². The molecule has 1 aliphatic rings. The zero-order valence-corrected chi connectivity index (χ0v) is 8.36. The molecule has 0 aromatic heterocycles. The Morgan fingerprint density at radius 1 is 0.462 bits per heavy atom. The minimum atomic E-state index is 1.04. The highest BCUT2D eigenvalue weighted by Gasteiger charge is 1.93. The van der Waals surface area contributed by atoms with E-state index in [1.165, 1.54) is 44.9 Å². The molecule has 0 aromatic rings. The molecular formula is C9H22N4. The number of rotatable bonds is 0. The van der Waals surface area contributed by atoms with Gasteiger partial charge < -0.3 is 0 Å². The molecule has 4 nitrogen and oxygen atoms in total. The van der Waals surface area contributed by atoms with E-state index in [0.29, 0.717) is 0 Å². The van der Waals surface area contributed by atoms with Gasteiger partial charge in [0, 0.05) is 13.1 Å². The highest BCUT2D eigenvalue weighted by Crippen LogP contribution is 2.06. The summed E-state index contributed by atoms with van der Waals surface area (Å²) in [5.41, 5.74) is 12.0. The van der Waals surface area contributed by atoms with Crippen LogP contribution < -0.4 is 21.9 Å². The summed E-state index contributed by atoms with van der Waals surface area (Å²) in [5, 5.41) is 0. The SMILES string of the molecule is C1CCCCNNNNCCCC1. The average Bonchev–Trinajstić information content (AvgIpc) is 2.18. The van der Waals surface area contributed by atoms with Crippen molar-refractivity contribution in [2.75, 3.05) is 13.1 Å². The fourth-order valence-corrected chi connectivity index (χ4v) is 1.52. The van der Waals surface area contributed by atoms with Crippen molar-refractivity contribution < 1.29 is 0 Å². The van der Waals surface area contributed by atoms with Gasteiger partial charge in [-0.2, -0.15) is 11.1 Å². The highest BCUT2D eigenvalue weighted by molar-refractivity contribution is 4.49. The fraction of sp³-hybridized carbons (Fsp3) is 1.00. The molecule has 0 aromatic carbocycles. The van der Waals surface area contributed by atoms with E-state index in [9.17, 15) is 0 Å². The normalized spacial score (nSPS) is 24.0.